The molecule has 22 heavy (non-hydrogen) atoms. The number of carbonyl (C=O) groups is 3. The molecule has 2 rings (SSSR count). The summed E-state index contributed by atoms with van der Waals surface area (Å²) in [6.45, 7) is 2.85. The van der Waals surface area contributed by atoms with Crippen LogP contribution < -0.4 is 10.6 Å². The lowest BCUT2D eigenvalue weighted by molar-refractivity contribution is -0.114. The number of carbonyl (C=O) groups excluding carboxylic acids is 3. The van der Waals surface area contributed by atoms with Gasteiger partial charge < -0.3 is 10.6 Å². The second-order valence-corrected chi connectivity index (χ2v) is 4.82. The van der Waals surface area contributed by atoms with Crippen molar-refractivity contribution in [2.24, 2.45) is 0 Å². The van der Waals surface area contributed by atoms with Gasteiger partial charge >= 0.3 is 0 Å². The molecule has 2 N–H and O–H groups in total. The van der Waals surface area contributed by atoms with E-state index in [1.165, 1.54) is 13.8 Å². The fraction of sp³-hybridized carbons (Fsp3) is 0.118. The molecule has 5 nitrogen and oxygen atoms in total. The van der Waals surface area contributed by atoms with E-state index in [0.717, 1.165) is 0 Å². The van der Waals surface area contributed by atoms with E-state index in [1.807, 2.05) is 0 Å². The van der Waals surface area contributed by atoms with Gasteiger partial charge in [0.1, 0.15) is 0 Å². The molecule has 0 atom stereocenters. The van der Waals surface area contributed by atoms with Crippen molar-refractivity contribution in [3.05, 3.63) is 59.7 Å². The number of benzene rings is 2. The van der Waals surface area contributed by atoms with Gasteiger partial charge in [0.05, 0.1) is 5.69 Å². The smallest absolute Gasteiger partial charge is 0.255 e. The summed E-state index contributed by atoms with van der Waals surface area (Å²) in [5.41, 5.74) is 1.85. The third-order valence-corrected chi connectivity index (χ3v) is 3.00. The first-order valence-corrected chi connectivity index (χ1v) is 6.76. The zero-order valence-electron chi connectivity index (χ0n) is 12.3. The molecule has 2 aromatic rings. The minimum Gasteiger partial charge on any atom is -0.326 e. The monoisotopic (exact) mass is 296 g/mol. The molecule has 5 heteroatoms. The Hall–Kier alpha value is -2.95. The maximum Gasteiger partial charge on any atom is 0.255 e. The third kappa shape index (κ3) is 3.79. The van der Waals surface area contributed by atoms with Gasteiger partial charge in [-0.25, -0.2) is 0 Å². The van der Waals surface area contributed by atoms with E-state index in [1.54, 1.807) is 48.5 Å². The highest BCUT2D eigenvalue weighted by molar-refractivity contribution is 6.09. The van der Waals surface area contributed by atoms with Gasteiger partial charge in [-0.2, -0.15) is 0 Å². The molecule has 0 saturated heterocycles. The van der Waals surface area contributed by atoms with Gasteiger partial charge in [0.2, 0.25) is 5.91 Å². The normalized spacial score (nSPS) is 9.91. The molecule has 0 spiro atoms. The molecule has 0 aliphatic rings. The Labute approximate surface area is 128 Å². The first-order valence-electron chi connectivity index (χ1n) is 6.76. The van der Waals surface area contributed by atoms with Crippen molar-refractivity contribution >= 4 is 29.0 Å². The summed E-state index contributed by atoms with van der Waals surface area (Å²) in [4.78, 5) is 34.9. The highest BCUT2D eigenvalue weighted by atomic mass is 16.2. The van der Waals surface area contributed by atoms with Crippen molar-refractivity contribution in [1.29, 1.82) is 0 Å². The molecule has 0 fully saturated rings. The van der Waals surface area contributed by atoms with Crippen molar-refractivity contribution < 1.29 is 14.4 Å². The lowest BCUT2D eigenvalue weighted by Gasteiger charge is -2.10. The van der Waals surface area contributed by atoms with Crippen LogP contribution in [0.3, 0.4) is 0 Å². The second-order valence-electron chi connectivity index (χ2n) is 4.82. The quantitative estimate of drug-likeness (QED) is 0.851. The number of ketones is 1. The van der Waals surface area contributed by atoms with Gasteiger partial charge in [0.25, 0.3) is 5.91 Å². The Morgan fingerprint density at radius 3 is 2.27 bits per heavy atom. The van der Waals surface area contributed by atoms with Crippen LogP contribution in [0.4, 0.5) is 11.4 Å². The molecule has 112 valence electrons. The SMILES string of the molecule is CC(=O)Nc1cccc(C(=O)Nc2ccccc2C(C)=O)c1. The van der Waals surface area contributed by atoms with Crippen LogP contribution in [0.2, 0.25) is 0 Å². The van der Waals surface area contributed by atoms with Crippen LogP contribution in [0.1, 0.15) is 34.6 Å². The van der Waals surface area contributed by atoms with Crippen LogP contribution >= 0.6 is 0 Å². The summed E-state index contributed by atoms with van der Waals surface area (Å²) in [5.74, 6) is -0.678. The number of anilines is 2. The van der Waals surface area contributed by atoms with Gasteiger partial charge in [0.15, 0.2) is 5.78 Å². The standard InChI is InChI=1S/C17H16N2O3/c1-11(20)15-8-3-4-9-16(15)19-17(22)13-6-5-7-14(10-13)18-12(2)21/h3-10H,1-2H3,(H,18,21)(H,19,22). The average molecular weight is 296 g/mol. The highest BCUT2D eigenvalue weighted by Gasteiger charge is 2.11. The Kier molecular flexibility index (Phi) is 4.68. The summed E-state index contributed by atoms with van der Waals surface area (Å²) in [6, 6.07) is 13.4. The van der Waals surface area contributed by atoms with Crippen molar-refractivity contribution in [2.45, 2.75) is 13.8 Å². The van der Waals surface area contributed by atoms with E-state index < -0.39 is 0 Å². The summed E-state index contributed by atoms with van der Waals surface area (Å²) in [6.07, 6.45) is 0. The van der Waals surface area contributed by atoms with Crippen molar-refractivity contribution in [3.8, 4) is 0 Å². The van der Waals surface area contributed by atoms with Crippen molar-refractivity contribution in [2.75, 3.05) is 10.6 Å². The van der Waals surface area contributed by atoms with Crippen LogP contribution in [-0.4, -0.2) is 17.6 Å². The van der Waals surface area contributed by atoms with Gasteiger partial charge in [-0.05, 0) is 37.3 Å². The molecule has 0 aliphatic heterocycles. The van der Waals surface area contributed by atoms with E-state index in [9.17, 15) is 14.4 Å². The van der Waals surface area contributed by atoms with E-state index in [-0.39, 0.29) is 17.6 Å². The maximum absolute atomic E-state index is 12.3. The van der Waals surface area contributed by atoms with Crippen LogP contribution in [-0.2, 0) is 4.79 Å². The molecule has 0 bridgehead atoms. The van der Waals surface area contributed by atoms with Crippen molar-refractivity contribution in [3.63, 3.8) is 0 Å². The molecular formula is C17H16N2O3. The molecule has 2 aromatic carbocycles. The Morgan fingerprint density at radius 2 is 1.59 bits per heavy atom. The highest BCUT2D eigenvalue weighted by Crippen LogP contribution is 2.18. The number of para-hydroxylation sites is 1. The van der Waals surface area contributed by atoms with Gasteiger partial charge in [-0.1, -0.05) is 18.2 Å². The van der Waals surface area contributed by atoms with Crippen LogP contribution in [0.15, 0.2) is 48.5 Å². The number of hydrogen-bond acceptors (Lipinski definition) is 3. The molecule has 2 amide bonds. The Bertz CT molecular complexity index is 738. The predicted octanol–water partition coefficient (Wildman–Crippen LogP) is 3.10. The molecule has 0 aromatic heterocycles. The summed E-state index contributed by atoms with van der Waals surface area (Å²) < 4.78 is 0. The second kappa shape index (κ2) is 6.67. The number of Topliss-reactive ketones (excluding diaryl/α,β-unsaturated/α-hetero) is 1. The molecule has 0 unspecified atom stereocenters. The van der Waals surface area contributed by atoms with Crippen molar-refractivity contribution in [1.82, 2.24) is 0 Å². The molecule has 0 aliphatic carbocycles. The van der Waals surface area contributed by atoms with Crippen LogP contribution in [0.25, 0.3) is 0 Å². The molecular weight excluding hydrogens is 280 g/mol. The lowest BCUT2D eigenvalue weighted by Crippen LogP contribution is -2.15. The lowest BCUT2D eigenvalue weighted by atomic mass is 10.1. The minimum absolute atomic E-state index is 0.122. The predicted molar refractivity (Wildman–Crippen MR) is 85.1 cm³/mol. The average Bonchev–Trinajstić information content (AvgIpc) is 2.47. The first kappa shape index (κ1) is 15.4. The van der Waals surface area contributed by atoms with Crippen LogP contribution in [0.5, 0.6) is 0 Å². The van der Waals surface area contributed by atoms with Crippen LogP contribution in [0, 0.1) is 0 Å². The number of amides is 2. The Balaban J connectivity index is 2.23. The van der Waals surface area contributed by atoms with E-state index in [2.05, 4.69) is 10.6 Å². The van der Waals surface area contributed by atoms with E-state index in [0.29, 0.717) is 22.5 Å². The van der Waals surface area contributed by atoms with Gasteiger partial charge in [-0.15, -0.1) is 0 Å². The number of nitrogens with one attached hydrogen (secondary N) is 2. The maximum atomic E-state index is 12.3. The zero-order valence-corrected chi connectivity index (χ0v) is 12.3. The minimum atomic E-state index is -0.346. The number of rotatable bonds is 4. The Morgan fingerprint density at radius 1 is 0.864 bits per heavy atom. The number of hydrogen-bond donors (Lipinski definition) is 2. The molecule has 0 saturated carbocycles. The molecule has 0 heterocycles. The molecule has 0 radical (unpaired) electrons. The topological polar surface area (TPSA) is 75.3 Å². The fourth-order valence-electron chi connectivity index (χ4n) is 2.04. The fourth-order valence-corrected chi connectivity index (χ4v) is 2.04. The van der Waals surface area contributed by atoms with E-state index >= 15 is 0 Å². The van der Waals surface area contributed by atoms with Gasteiger partial charge in [-0.3, -0.25) is 14.4 Å². The van der Waals surface area contributed by atoms with E-state index in [4.69, 9.17) is 0 Å². The first-order chi connectivity index (χ1) is 10.5. The summed E-state index contributed by atoms with van der Waals surface area (Å²) >= 11 is 0. The summed E-state index contributed by atoms with van der Waals surface area (Å²) in [7, 11) is 0. The third-order valence-electron chi connectivity index (χ3n) is 3.00. The summed E-state index contributed by atoms with van der Waals surface area (Å²) in [5, 5.41) is 5.34. The zero-order chi connectivity index (χ0) is 16.1. The largest absolute Gasteiger partial charge is 0.326 e. The van der Waals surface area contributed by atoms with Gasteiger partial charge in [0, 0.05) is 23.7 Å².